The first-order valence-electron chi connectivity index (χ1n) is 5.80. The lowest BCUT2D eigenvalue weighted by atomic mass is 10.1. The number of carbonyl (C=O) groups excluding carboxylic acids is 1. The summed E-state index contributed by atoms with van der Waals surface area (Å²) in [5.41, 5.74) is -0.668. The number of nitrogens with one attached hydrogen (secondary N) is 1. The van der Waals surface area contributed by atoms with Gasteiger partial charge in [0.25, 0.3) is 0 Å². The lowest BCUT2D eigenvalue weighted by molar-refractivity contribution is 0.0697. The van der Waals surface area contributed by atoms with Crippen LogP contribution in [0, 0.1) is 5.82 Å². The number of urea groups is 1. The molecule has 0 saturated heterocycles. The zero-order valence-corrected chi connectivity index (χ0v) is 10.8. The van der Waals surface area contributed by atoms with E-state index >= 15 is 0 Å². The maximum atomic E-state index is 13.7. The van der Waals surface area contributed by atoms with Crippen molar-refractivity contribution in [3.8, 4) is 0 Å². The number of aromatic carboxylic acids is 1. The zero-order chi connectivity index (χ0) is 15.1. The number of hydrogen-bond donors (Lipinski definition) is 2. The van der Waals surface area contributed by atoms with Crippen LogP contribution in [0.4, 0.5) is 14.9 Å². The monoisotopic (exact) mass is 278 g/mol. The predicted molar refractivity (Wildman–Crippen MR) is 74.3 cm³/mol. The van der Waals surface area contributed by atoms with E-state index in [2.05, 4.69) is 18.5 Å². The van der Waals surface area contributed by atoms with Crippen LogP contribution in [0.5, 0.6) is 0 Å². The first-order valence-corrected chi connectivity index (χ1v) is 5.80. The molecule has 0 saturated carbocycles. The molecule has 106 valence electrons. The number of para-hydroxylation sites is 1. The van der Waals surface area contributed by atoms with Crippen molar-refractivity contribution in [2.24, 2.45) is 0 Å². The Morgan fingerprint density at radius 2 is 1.90 bits per heavy atom. The minimum absolute atomic E-state index is 0.231. The minimum Gasteiger partial charge on any atom is -0.478 e. The number of carboxylic acids is 1. The first kappa shape index (κ1) is 15.4. The highest BCUT2D eigenvalue weighted by Gasteiger charge is 2.18. The number of amides is 2. The van der Waals surface area contributed by atoms with Crippen molar-refractivity contribution in [3.05, 3.63) is 54.9 Å². The van der Waals surface area contributed by atoms with Crippen molar-refractivity contribution < 1.29 is 19.1 Å². The van der Waals surface area contributed by atoms with Crippen molar-refractivity contribution >= 4 is 17.7 Å². The number of anilines is 1. The summed E-state index contributed by atoms with van der Waals surface area (Å²) in [6.07, 6.45) is 3.01. The summed E-state index contributed by atoms with van der Waals surface area (Å²) < 4.78 is 13.7. The number of carboxylic acid groups (broad SMARTS) is 1. The Bertz CT molecular complexity index is 533. The molecule has 0 fully saturated rings. The summed E-state index contributed by atoms with van der Waals surface area (Å²) in [7, 11) is 0. The molecule has 0 aromatic heterocycles. The van der Waals surface area contributed by atoms with E-state index in [0.717, 1.165) is 6.07 Å². The molecule has 1 rings (SSSR count). The van der Waals surface area contributed by atoms with Crippen LogP contribution in [0.15, 0.2) is 43.5 Å². The van der Waals surface area contributed by atoms with Gasteiger partial charge in [-0.3, -0.25) is 0 Å². The number of halogens is 1. The van der Waals surface area contributed by atoms with Gasteiger partial charge in [0.05, 0.1) is 11.3 Å². The van der Waals surface area contributed by atoms with Crippen molar-refractivity contribution in [3.63, 3.8) is 0 Å². The second-order valence-electron chi connectivity index (χ2n) is 3.88. The maximum absolute atomic E-state index is 13.7. The highest BCUT2D eigenvalue weighted by atomic mass is 19.1. The van der Waals surface area contributed by atoms with Gasteiger partial charge >= 0.3 is 12.0 Å². The third-order valence-corrected chi connectivity index (χ3v) is 2.46. The molecule has 0 unspecified atom stereocenters. The molecule has 6 heteroatoms. The molecule has 0 heterocycles. The quantitative estimate of drug-likeness (QED) is 0.786. The van der Waals surface area contributed by atoms with Crippen molar-refractivity contribution in [1.29, 1.82) is 0 Å². The van der Waals surface area contributed by atoms with Gasteiger partial charge in [0, 0.05) is 13.1 Å². The molecule has 2 N–H and O–H groups in total. The zero-order valence-electron chi connectivity index (χ0n) is 10.8. The molecule has 5 nitrogen and oxygen atoms in total. The Kier molecular flexibility index (Phi) is 5.46. The van der Waals surface area contributed by atoms with Crippen LogP contribution in [0.1, 0.15) is 10.4 Å². The molecule has 0 atom stereocenters. The summed E-state index contributed by atoms with van der Waals surface area (Å²) in [5, 5.41) is 11.2. The summed E-state index contributed by atoms with van der Waals surface area (Å²) in [5.74, 6) is -2.13. The van der Waals surface area contributed by atoms with Gasteiger partial charge in [-0.25, -0.2) is 14.0 Å². The molecule has 0 bridgehead atoms. The van der Waals surface area contributed by atoms with Gasteiger partial charge in [-0.2, -0.15) is 0 Å². The average Bonchev–Trinajstić information content (AvgIpc) is 2.40. The molecule has 20 heavy (non-hydrogen) atoms. The molecule has 0 spiro atoms. The van der Waals surface area contributed by atoms with Crippen molar-refractivity contribution in [1.82, 2.24) is 4.90 Å². The summed E-state index contributed by atoms with van der Waals surface area (Å²) in [6, 6.07) is 2.93. The van der Waals surface area contributed by atoms with E-state index in [9.17, 15) is 14.0 Å². The molecular weight excluding hydrogens is 263 g/mol. The highest BCUT2D eigenvalue weighted by Crippen LogP contribution is 2.20. The van der Waals surface area contributed by atoms with E-state index in [4.69, 9.17) is 5.11 Å². The van der Waals surface area contributed by atoms with Gasteiger partial charge in [-0.05, 0) is 12.1 Å². The van der Waals surface area contributed by atoms with Gasteiger partial charge in [-0.15, -0.1) is 13.2 Å². The third kappa shape index (κ3) is 3.68. The van der Waals surface area contributed by atoms with Crippen LogP contribution < -0.4 is 5.32 Å². The van der Waals surface area contributed by atoms with Crippen LogP contribution in [0.2, 0.25) is 0 Å². The van der Waals surface area contributed by atoms with Crippen LogP contribution in [-0.2, 0) is 0 Å². The Morgan fingerprint density at radius 1 is 1.30 bits per heavy atom. The Hall–Kier alpha value is -2.63. The fourth-order valence-electron chi connectivity index (χ4n) is 1.57. The second-order valence-corrected chi connectivity index (χ2v) is 3.88. The summed E-state index contributed by atoms with van der Waals surface area (Å²) in [4.78, 5) is 24.3. The molecule has 1 aromatic rings. The molecule has 0 aliphatic rings. The minimum atomic E-state index is -1.32. The van der Waals surface area contributed by atoms with Crippen molar-refractivity contribution in [2.45, 2.75) is 0 Å². The van der Waals surface area contributed by atoms with E-state index in [-0.39, 0.29) is 24.3 Å². The molecule has 0 aliphatic heterocycles. The fourth-order valence-corrected chi connectivity index (χ4v) is 1.57. The second kappa shape index (κ2) is 7.08. The van der Waals surface area contributed by atoms with E-state index in [1.807, 2.05) is 0 Å². The number of nitrogens with zero attached hydrogens (tertiary/aromatic N) is 1. The van der Waals surface area contributed by atoms with E-state index in [1.165, 1.54) is 29.2 Å². The smallest absolute Gasteiger partial charge is 0.337 e. The molecular formula is C14H15FN2O3. The Labute approximate surface area is 116 Å². The normalized spacial score (nSPS) is 9.65. The number of carbonyl (C=O) groups is 2. The Balaban J connectivity index is 3.02. The van der Waals surface area contributed by atoms with Gasteiger partial charge in [0.1, 0.15) is 5.82 Å². The fraction of sp³-hybridized carbons (Fsp3) is 0.143. The largest absolute Gasteiger partial charge is 0.478 e. The van der Waals surface area contributed by atoms with Gasteiger partial charge in [-0.1, -0.05) is 18.2 Å². The first-order chi connectivity index (χ1) is 9.51. The number of benzene rings is 1. The van der Waals surface area contributed by atoms with E-state index in [0.29, 0.717) is 0 Å². The topological polar surface area (TPSA) is 69.6 Å². The number of hydrogen-bond acceptors (Lipinski definition) is 2. The highest BCUT2D eigenvalue weighted by molar-refractivity contribution is 6.00. The van der Waals surface area contributed by atoms with Gasteiger partial charge in [0.15, 0.2) is 0 Å². The van der Waals surface area contributed by atoms with Crippen LogP contribution >= 0.6 is 0 Å². The van der Waals surface area contributed by atoms with Crippen LogP contribution in [0.25, 0.3) is 0 Å². The summed E-state index contributed by atoms with van der Waals surface area (Å²) >= 11 is 0. The SMILES string of the molecule is C=CCN(CC=C)C(=O)Nc1c(F)cccc1C(=O)O. The van der Waals surface area contributed by atoms with Crippen LogP contribution in [0.3, 0.4) is 0 Å². The summed E-state index contributed by atoms with van der Waals surface area (Å²) in [6.45, 7) is 7.48. The third-order valence-electron chi connectivity index (χ3n) is 2.46. The lowest BCUT2D eigenvalue weighted by Gasteiger charge is -2.20. The molecule has 2 amide bonds. The van der Waals surface area contributed by atoms with E-state index < -0.39 is 17.8 Å². The van der Waals surface area contributed by atoms with Gasteiger partial charge < -0.3 is 15.3 Å². The average molecular weight is 278 g/mol. The lowest BCUT2D eigenvalue weighted by Crippen LogP contribution is -2.35. The van der Waals surface area contributed by atoms with E-state index in [1.54, 1.807) is 0 Å². The maximum Gasteiger partial charge on any atom is 0.337 e. The number of rotatable bonds is 6. The standard InChI is InChI=1S/C14H15FN2O3/c1-3-8-17(9-4-2)14(20)16-12-10(13(18)19)6-5-7-11(12)15/h3-7H,1-2,8-9H2,(H,16,20)(H,18,19). The van der Waals surface area contributed by atoms with Crippen LogP contribution in [-0.4, -0.2) is 35.1 Å². The van der Waals surface area contributed by atoms with Gasteiger partial charge in [0.2, 0.25) is 0 Å². The van der Waals surface area contributed by atoms with Crippen molar-refractivity contribution in [2.75, 3.05) is 18.4 Å². The molecule has 0 aliphatic carbocycles. The molecule has 0 radical (unpaired) electrons. The Morgan fingerprint density at radius 3 is 2.40 bits per heavy atom. The molecule has 1 aromatic carbocycles. The predicted octanol–water partition coefficient (Wildman–Crippen LogP) is 2.73.